The van der Waals surface area contributed by atoms with Gasteiger partial charge in [0.2, 0.25) is 5.91 Å². The number of nitrogens with one attached hydrogen (secondary N) is 1. The predicted molar refractivity (Wildman–Crippen MR) is 51.2 cm³/mol. The fourth-order valence-electron chi connectivity index (χ4n) is 1.08. The quantitative estimate of drug-likeness (QED) is 0.630. The highest BCUT2D eigenvalue weighted by atomic mass is 16.2. The van der Waals surface area contributed by atoms with Crippen LogP contribution in [0.5, 0.6) is 0 Å². The van der Waals surface area contributed by atoms with E-state index in [9.17, 15) is 14.4 Å². The Bertz CT molecular complexity index is 484. The van der Waals surface area contributed by atoms with Crippen LogP contribution in [0.2, 0.25) is 0 Å². The van der Waals surface area contributed by atoms with Gasteiger partial charge < -0.3 is 9.88 Å². The summed E-state index contributed by atoms with van der Waals surface area (Å²) in [5.41, 5.74) is -0.838. The molecule has 1 aromatic rings. The maximum absolute atomic E-state index is 11.4. The molecule has 1 N–H and O–H groups in total. The second kappa shape index (κ2) is 3.49. The standard InChI is InChI=1S/C8H11N3O3/c1-5(12)9-6-4-10(2)8(14)11(3)7(6)13/h4H,1-3H3,(H,9,12). The summed E-state index contributed by atoms with van der Waals surface area (Å²) in [6, 6.07) is 0. The molecule has 0 saturated heterocycles. The minimum atomic E-state index is -0.511. The van der Waals surface area contributed by atoms with Crippen LogP contribution in [0, 0.1) is 0 Å². The molecular formula is C8H11N3O3. The first-order valence-electron chi connectivity index (χ1n) is 3.97. The summed E-state index contributed by atoms with van der Waals surface area (Å²) in [7, 11) is 2.86. The van der Waals surface area contributed by atoms with Crippen LogP contribution in [0.4, 0.5) is 5.69 Å². The summed E-state index contributed by atoms with van der Waals surface area (Å²) in [4.78, 5) is 33.4. The van der Waals surface area contributed by atoms with Crippen molar-refractivity contribution in [2.45, 2.75) is 6.92 Å². The zero-order valence-electron chi connectivity index (χ0n) is 8.20. The SMILES string of the molecule is CC(=O)Nc1cn(C)c(=O)n(C)c1=O. The first-order valence-corrected chi connectivity index (χ1v) is 3.97. The van der Waals surface area contributed by atoms with Gasteiger partial charge in [-0.1, -0.05) is 0 Å². The number of amides is 1. The van der Waals surface area contributed by atoms with E-state index < -0.39 is 11.2 Å². The van der Waals surface area contributed by atoms with Gasteiger partial charge in [0.15, 0.2) is 0 Å². The summed E-state index contributed by atoms with van der Waals surface area (Å²) in [5.74, 6) is -0.347. The van der Waals surface area contributed by atoms with E-state index in [1.807, 2.05) is 0 Å². The van der Waals surface area contributed by atoms with Crippen molar-refractivity contribution < 1.29 is 4.79 Å². The van der Waals surface area contributed by atoms with Crippen molar-refractivity contribution >= 4 is 11.6 Å². The van der Waals surface area contributed by atoms with Crippen LogP contribution in [0.3, 0.4) is 0 Å². The van der Waals surface area contributed by atoms with Gasteiger partial charge in [0.1, 0.15) is 5.69 Å². The second-order valence-electron chi connectivity index (χ2n) is 2.98. The Labute approximate surface area is 79.8 Å². The van der Waals surface area contributed by atoms with Crippen molar-refractivity contribution in [3.8, 4) is 0 Å². The first-order chi connectivity index (χ1) is 6.43. The van der Waals surface area contributed by atoms with Crippen LogP contribution in [0.1, 0.15) is 6.92 Å². The molecule has 0 aliphatic carbocycles. The highest BCUT2D eigenvalue weighted by molar-refractivity contribution is 5.88. The normalized spacial score (nSPS) is 9.93. The van der Waals surface area contributed by atoms with E-state index in [0.717, 1.165) is 4.57 Å². The number of anilines is 1. The van der Waals surface area contributed by atoms with Crippen LogP contribution in [0.25, 0.3) is 0 Å². The third kappa shape index (κ3) is 1.73. The zero-order valence-corrected chi connectivity index (χ0v) is 8.20. The lowest BCUT2D eigenvalue weighted by atomic mass is 10.5. The number of nitrogens with zero attached hydrogens (tertiary/aromatic N) is 2. The van der Waals surface area contributed by atoms with Crippen molar-refractivity contribution in [3.63, 3.8) is 0 Å². The topological polar surface area (TPSA) is 73.1 Å². The lowest BCUT2D eigenvalue weighted by Crippen LogP contribution is -2.38. The minimum absolute atomic E-state index is 0.0992. The van der Waals surface area contributed by atoms with Crippen molar-refractivity contribution in [2.24, 2.45) is 14.1 Å². The van der Waals surface area contributed by atoms with E-state index >= 15 is 0 Å². The number of rotatable bonds is 1. The molecule has 76 valence electrons. The average molecular weight is 197 g/mol. The number of carbonyl (C=O) groups is 1. The first kappa shape index (κ1) is 10.2. The maximum Gasteiger partial charge on any atom is 0.330 e. The Hall–Kier alpha value is -1.85. The molecule has 14 heavy (non-hydrogen) atoms. The van der Waals surface area contributed by atoms with Gasteiger partial charge in [-0.2, -0.15) is 0 Å². The molecule has 0 aliphatic rings. The van der Waals surface area contributed by atoms with Crippen molar-refractivity contribution in [3.05, 3.63) is 27.0 Å². The molecule has 0 aromatic carbocycles. The second-order valence-corrected chi connectivity index (χ2v) is 2.98. The number of aryl methyl sites for hydroxylation is 1. The number of aromatic nitrogens is 2. The van der Waals surface area contributed by atoms with Gasteiger partial charge in [-0.15, -0.1) is 0 Å². The maximum atomic E-state index is 11.4. The van der Waals surface area contributed by atoms with Crippen LogP contribution < -0.4 is 16.6 Å². The van der Waals surface area contributed by atoms with Gasteiger partial charge in [0.05, 0.1) is 0 Å². The number of hydrogen-bond acceptors (Lipinski definition) is 3. The van der Waals surface area contributed by atoms with E-state index in [4.69, 9.17) is 0 Å². The molecule has 0 saturated carbocycles. The van der Waals surface area contributed by atoms with E-state index in [2.05, 4.69) is 5.32 Å². The summed E-state index contributed by atoms with van der Waals surface area (Å²) in [5, 5.41) is 2.35. The molecule has 0 atom stereocenters. The fraction of sp³-hybridized carbons (Fsp3) is 0.375. The lowest BCUT2D eigenvalue weighted by molar-refractivity contribution is -0.114. The van der Waals surface area contributed by atoms with Crippen LogP contribution in [0.15, 0.2) is 15.8 Å². The fourth-order valence-corrected chi connectivity index (χ4v) is 1.08. The lowest BCUT2D eigenvalue weighted by Gasteiger charge is -2.06. The summed E-state index contributed by atoms with van der Waals surface area (Å²) in [6.45, 7) is 1.30. The summed E-state index contributed by atoms with van der Waals surface area (Å²) < 4.78 is 2.16. The molecule has 0 aliphatic heterocycles. The third-order valence-electron chi connectivity index (χ3n) is 1.76. The molecule has 1 amide bonds. The molecule has 0 fully saturated rings. The molecule has 1 aromatic heterocycles. The number of carbonyl (C=O) groups excluding carboxylic acids is 1. The summed E-state index contributed by atoms with van der Waals surface area (Å²) >= 11 is 0. The average Bonchev–Trinajstić information content (AvgIpc) is 2.10. The molecular weight excluding hydrogens is 186 g/mol. The molecule has 0 unspecified atom stereocenters. The highest BCUT2D eigenvalue weighted by Gasteiger charge is 2.06. The van der Waals surface area contributed by atoms with E-state index in [1.165, 1.54) is 31.8 Å². The van der Waals surface area contributed by atoms with Crippen LogP contribution in [-0.2, 0) is 18.9 Å². The van der Waals surface area contributed by atoms with Gasteiger partial charge in [-0.25, -0.2) is 4.79 Å². The van der Waals surface area contributed by atoms with Crippen molar-refractivity contribution in [1.29, 1.82) is 0 Å². The smallest absolute Gasteiger partial charge is 0.321 e. The number of hydrogen-bond donors (Lipinski definition) is 1. The van der Waals surface area contributed by atoms with Crippen LogP contribution in [-0.4, -0.2) is 15.0 Å². The third-order valence-corrected chi connectivity index (χ3v) is 1.76. The van der Waals surface area contributed by atoms with Crippen LogP contribution >= 0.6 is 0 Å². The van der Waals surface area contributed by atoms with Gasteiger partial charge >= 0.3 is 5.69 Å². The predicted octanol–water partition coefficient (Wildman–Crippen LogP) is -0.958. The van der Waals surface area contributed by atoms with Gasteiger partial charge in [0, 0.05) is 27.2 Å². The van der Waals surface area contributed by atoms with E-state index in [1.54, 1.807) is 0 Å². The zero-order chi connectivity index (χ0) is 10.9. The molecule has 1 heterocycles. The Kier molecular flexibility index (Phi) is 2.55. The Morgan fingerprint density at radius 3 is 2.43 bits per heavy atom. The Morgan fingerprint density at radius 2 is 1.93 bits per heavy atom. The molecule has 0 radical (unpaired) electrons. The Balaban J connectivity index is 3.41. The van der Waals surface area contributed by atoms with Gasteiger partial charge in [-0.3, -0.25) is 14.2 Å². The van der Waals surface area contributed by atoms with Gasteiger partial charge in [0.25, 0.3) is 5.56 Å². The molecule has 0 spiro atoms. The van der Waals surface area contributed by atoms with Crippen molar-refractivity contribution in [1.82, 2.24) is 9.13 Å². The molecule has 1 rings (SSSR count). The van der Waals surface area contributed by atoms with E-state index in [-0.39, 0.29) is 11.6 Å². The summed E-state index contributed by atoms with van der Waals surface area (Å²) in [6.07, 6.45) is 1.30. The minimum Gasteiger partial charge on any atom is -0.321 e. The molecule has 0 bridgehead atoms. The van der Waals surface area contributed by atoms with E-state index in [0.29, 0.717) is 0 Å². The molecule has 6 heteroatoms. The largest absolute Gasteiger partial charge is 0.330 e. The van der Waals surface area contributed by atoms with Crippen molar-refractivity contribution in [2.75, 3.05) is 5.32 Å². The monoisotopic (exact) mass is 197 g/mol. The highest BCUT2D eigenvalue weighted by Crippen LogP contribution is 1.93. The van der Waals surface area contributed by atoms with Gasteiger partial charge in [-0.05, 0) is 0 Å². The molecule has 6 nitrogen and oxygen atoms in total. The Morgan fingerprint density at radius 1 is 1.36 bits per heavy atom.